The van der Waals surface area contributed by atoms with Gasteiger partial charge in [0.2, 0.25) is 5.91 Å². The SMILES string of the molecule is CC(C)Oc1ncc(N2CCc3cccc(N4CCN(C(=O)Cn5cnc6cccnc65)C(C)C4)c3C2)cn1. The van der Waals surface area contributed by atoms with Crippen LogP contribution in [-0.2, 0) is 24.3 Å². The zero-order valence-corrected chi connectivity index (χ0v) is 22.7. The summed E-state index contributed by atoms with van der Waals surface area (Å²) in [5.74, 6) is 0.0956. The van der Waals surface area contributed by atoms with Crippen molar-refractivity contribution in [2.45, 2.75) is 52.4 Å². The van der Waals surface area contributed by atoms with Crippen molar-refractivity contribution in [3.8, 4) is 6.01 Å². The lowest BCUT2D eigenvalue weighted by Gasteiger charge is -2.43. The predicted octanol–water partition coefficient (Wildman–Crippen LogP) is 3.31. The molecule has 1 unspecified atom stereocenters. The summed E-state index contributed by atoms with van der Waals surface area (Å²) in [6, 6.07) is 10.9. The molecule has 6 rings (SSSR count). The molecule has 1 saturated heterocycles. The number of aromatic nitrogens is 5. The molecular weight excluding hydrogens is 492 g/mol. The summed E-state index contributed by atoms with van der Waals surface area (Å²) in [7, 11) is 0. The highest BCUT2D eigenvalue weighted by Crippen LogP contribution is 2.32. The van der Waals surface area contributed by atoms with E-state index in [0.717, 1.165) is 49.5 Å². The molecule has 0 bridgehead atoms. The second kappa shape index (κ2) is 10.5. The summed E-state index contributed by atoms with van der Waals surface area (Å²) >= 11 is 0. The largest absolute Gasteiger partial charge is 0.461 e. The van der Waals surface area contributed by atoms with Gasteiger partial charge in [0.15, 0.2) is 5.65 Å². The van der Waals surface area contributed by atoms with E-state index in [1.807, 2.05) is 47.8 Å². The van der Waals surface area contributed by atoms with Gasteiger partial charge in [0.1, 0.15) is 12.1 Å². The third-order valence-electron chi connectivity index (χ3n) is 7.54. The van der Waals surface area contributed by atoms with Gasteiger partial charge < -0.3 is 24.0 Å². The quantitative estimate of drug-likeness (QED) is 0.378. The summed E-state index contributed by atoms with van der Waals surface area (Å²) in [6.45, 7) is 10.3. The van der Waals surface area contributed by atoms with Crippen LogP contribution in [-0.4, -0.2) is 73.6 Å². The molecule has 1 atom stereocenters. The van der Waals surface area contributed by atoms with Gasteiger partial charge in [0.05, 0.1) is 30.5 Å². The minimum absolute atomic E-state index is 0.0428. The van der Waals surface area contributed by atoms with Crippen molar-refractivity contribution in [1.82, 2.24) is 29.4 Å². The normalized spacial score (nSPS) is 17.5. The number of pyridine rings is 1. The van der Waals surface area contributed by atoms with Gasteiger partial charge in [-0.15, -0.1) is 0 Å². The Morgan fingerprint density at radius 3 is 2.67 bits per heavy atom. The van der Waals surface area contributed by atoms with E-state index in [-0.39, 0.29) is 24.6 Å². The zero-order valence-electron chi connectivity index (χ0n) is 22.7. The molecular formula is C29H34N8O2. The van der Waals surface area contributed by atoms with Crippen LogP contribution in [0.1, 0.15) is 31.9 Å². The van der Waals surface area contributed by atoms with E-state index >= 15 is 0 Å². The van der Waals surface area contributed by atoms with Gasteiger partial charge in [-0.05, 0) is 56.5 Å². The van der Waals surface area contributed by atoms with Crippen molar-refractivity contribution in [1.29, 1.82) is 0 Å². The number of ether oxygens (including phenoxy) is 1. The lowest BCUT2D eigenvalue weighted by atomic mass is 9.96. The molecule has 0 saturated carbocycles. The van der Waals surface area contributed by atoms with E-state index < -0.39 is 0 Å². The molecule has 10 nitrogen and oxygen atoms in total. The third-order valence-corrected chi connectivity index (χ3v) is 7.54. The molecule has 0 aliphatic carbocycles. The van der Waals surface area contributed by atoms with Gasteiger partial charge in [-0.2, -0.15) is 0 Å². The summed E-state index contributed by atoms with van der Waals surface area (Å²) < 4.78 is 7.45. The Morgan fingerprint density at radius 2 is 1.87 bits per heavy atom. The van der Waals surface area contributed by atoms with Gasteiger partial charge >= 0.3 is 6.01 Å². The fourth-order valence-corrected chi connectivity index (χ4v) is 5.62. The van der Waals surface area contributed by atoms with Crippen LogP contribution in [0.25, 0.3) is 11.2 Å². The first-order valence-corrected chi connectivity index (χ1v) is 13.6. The standard InChI is InChI=1S/C29H34N8O2/c1-20(2)39-29-31-14-23(15-32-29)34-11-9-22-6-4-8-26(24(22)17-34)35-12-13-37(21(3)16-35)27(38)18-36-19-33-25-7-5-10-30-28(25)36/h4-8,10,14-15,19-21H,9,11-13,16-18H2,1-3H3. The second-order valence-corrected chi connectivity index (χ2v) is 10.6. The third kappa shape index (κ3) is 5.10. The summed E-state index contributed by atoms with van der Waals surface area (Å²) in [5, 5.41) is 0. The van der Waals surface area contributed by atoms with Crippen LogP contribution in [0.3, 0.4) is 0 Å². The molecule has 202 valence electrons. The number of benzene rings is 1. The van der Waals surface area contributed by atoms with E-state index in [9.17, 15) is 4.79 Å². The van der Waals surface area contributed by atoms with Gasteiger partial charge in [-0.3, -0.25) is 4.79 Å². The summed E-state index contributed by atoms with van der Waals surface area (Å²) in [4.78, 5) is 37.6. The highest BCUT2D eigenvalue weighted by Gasteiger charge is 2.30. The van der Waals surface area contributed by atoms with Gasteiger partial charge in [-0.25, -0.2) is 19.9 Å². The van der Waals surface area contributed by atoms with Crippen molar-refractivity contribution in [2.24, 2.45) is 0 Å². The lowest BCUT2D eigenvalue weighted by molar-refractivity contribution is -0.134. The molecule has 0 N–H and O–H groups in total. The first kappa shape index (κ1) is 25.1. The second-order valence-electron chi connectivity index (χ2n) is 10.6. The van der Waals surface area contributed by atoms with Crippen LogP contribution in [0.15, 0.2) is 55.2 Å². The molecule has 2 aliphatic rings. The molecule has 1 amide bonds. The Hall–Kier alpha value is -4.21. The Balaban J connectivity index is 1.14. The van der Waals surface area contributed by atoms with Crippen molar-refractivity contribution >= 4 is 28.4 Å². The topological polar surface area (TPSA) is 92.5 Å². The van der Waals surface area contributed by atoms with Crippen molar-refractivity contribution in [3.63, 3.8) is 0 Å². The first-order chi connectivity index (χ1) is 19.0. The molecule has 4 aromatic rings. The molecule has 1 aromatic carbocycles. The number of fused-ring (bicyclic) bond motifs is 2. The Morgan fingerprint density at radius 1 is 1.03 bits per heavy atom. The minimum Gasteiger partial charge on any atom is -0.461 e. The van der Waals surface area contributed by atoms with Gasteiger partial charge in [-0.1, -0.05) is 12.1 Å². The number of anilines is 2. The summed E-state index contributed by atoms with van der Waals surface area (Å²) in [6.07, 6.45) is 8.15. The number of rotatable bonds is 6. The zero-order chi connectivity index (χ0) is 26.9. The summed E-state index contributed by atoms with van der Waals surface area (Å²) in [5.41, 5.74) is 6.52. The van der Waals surface area contributed by atoms with Crippen molar-refractivity contribution in [3.05, 3.63) is 66.4 Å². The Kier molecular flexibility index (Phi) is 6.76. The molecule has 39 heavy (non-hydrogen) atoms. The number of carbonyl (C=O) groups excluding carboxylic acids is 1. The number of nitrogens with zero attached hydrogens (tertiary/aromatic N) is 8. The van der Waals surface area contributed by atoms with E-state index in [1.54, 1.807) is 12.5 Å². The number of imidazole rings is 1. The molecule has 2 aliphatic heterocycles. The van der Waals surface area contributed by atoms with Crippen molar-refractivity contribution in [2.75, 3.05) is 36.0 Å². The molecule has 5 heterocycles. The highest BCUT2D eigenvalue weighted by atomic mass is 16.5. The average Bonchev–Trinajstić information content (AvgIpc) is 3.35. The number of hydrogen-bond donors (Lipinski definition) is 0. The predicted molar refractivity (Wildman–Crippen MR) is 150 cm³/mol. The fourth-order valence-electron chi connectivity index (χ4n) is 5.62. The van der Waals surface area contributed by atoms with E-state index in [1.165, 1.54) is 16.8 Å². The minimum atomic E-state index is 0.0428. The van der Waals surface area contributed by atoms with E-state index in [2.05, 4.69) is 54.9 Å². The maximum atomic E-state index is 13.3. The van der Waals surface area contributed by atoms with Crippen LogP contribution < -0.4 is 14.5 Å². The number of amides is 1. The van der Waals surface area contributed by atoms with Crippen LogP contribution in [0.4, 0.5) is 11.4 Å². The maximum Gasteiger partial charge on any atom is 0.316 e. The van der Waals surface area contributed by atoms with Crippen LogP contribution in [0.5, 0.6) is 6.01 Å². The molecule has 3 aromatic heterocycles. The molecule has 1 fully saturated rings. The smallest absolute Gasteiger partial charge is 0.316 e. The monoisotopic (exact) mass is 526 g/mol. The molecule has 0 radical (unpaired) electrons. The lowest BCUT2D eigenvalue weighted by Crippen LogP contribution is -2.55. The number of carbonyl (C=O) groups is 1. The van der Waals surface area contributed by atoms with E-state index in [4.69, 9.17) is 4.74 Å². The van der Waals surface area contributed by atoms with E-state index in [0.29, 0.717) is 12.6 Å². The Labute approximate surface area is 228 Å². The Bertz CT molecular complexity index is 1470. The fraction of sp³-hybridized carbons (Fsp3) is 0.414. The van der Waals surface area contributed by atoms with Gasteiger partial charge in [0.25, 0.3) is 0 Å². The number of piperazine rings is 1. The molecule has 0 spiro atoms. The average molecular weight is 527 g/mol. The van der Waals surface area contributed by atoms with Crippen LogP contribution >= 0.6 is 0 Å². The van der Waals surface area contributed by atoms with Crippen LogP contribution in [0, 0.1) is 0 Å². The molecule has 10 heteroatoms. The van der Waals surface area contributed by atoms with Crippen molar-refractivity contribution < 1.29 is 9.53 Å². The van der Waals surface area contributed by atoms with Crippen LogP contribution in [0.2, 0.25) is 0 Å². The number of hydrogen-bond acceptors (Lipinski definition) is 8. The maximum absolute atomic E-state index is 13.3. The first-order valence-electron chi connectivity index (χ1n) is 13.6. The highest BCUT2D eigenvalue weighted by molar-refractivity contribution is 5.79. The van der Waals surface area contributed by atoms with Gasteiger partial charge in [0, 0.05) is 50.6 Å².